The van der Waals surface area contributed by atoms with Gasteiger partial charge < -0.3 is 5.11 Å². The molecule has 0 unspecified atom stereocenters. The summed E-state index contributed by atoms with van der Waals surface area (Å²) in [4.78, 5) is 0. The van der Waals surface area contributed by atoms with E-state index in [1.165, 1.54) is 6.08 Å². The smallest absolute Gasteiger partial charge is 0.214 e. The monoisotopic (exact) mass is 225 g/mol. The van der Waals surface area contributed by atoms with Crippen LogP contribution in [0.15, 0.2) is 12.7 Å². The van der Waals surface area contributed by atoms with Gasteiger partial charge in [0.15, 0.2) is 0 Å². The normalized spacial score (nSPS) is 11.9. The van der Waals surface area contributed by atoms with Gasteiger partial charge in [-0.05, 0) is 6.42 Å². The molecular formula is C8H16FNO3S. The maximum absolute atomic E-state index is 11.8. The number of halogens is 1. The number of hydrogen-bond donors (Lipinski definition) is 1. The van der Waals surface area contributed by atoms with Gasteiger partial charge in [-0.15, -0.1) is 6.58 Å². The summed E-state index contributed by atoms with van der Waals surface area (Å²) in [6.07, 6.45) is 1.42. The zero-order chi connectivity index (χ0) is 11.0. The van der Waals surface area contributed by atoms with Gasteiger partial charge in [0.2, 0.25) is 10.0 Å². The maximum Gasteiger partial charge on any atom is 0.214 e. The number of hydrogen-bond acceptors (Lipinski definition) is 3. The van der Waals surface area contributed by atoms with Gasteiger partial charge in [0, 0.05) is 13.1 Å². The van der Waals surface area contributed by atoms with E-state index < -0.39 is 16.7 Å². The molecule has 0 heterocycles. The fraction of sp³-hybridized carbons (Fsp3) is 0.750. The Morgan fingerprint density at radius 3 is 2.57 bits per heavy atom. The average molecular weight is 225 g/mol. The highest BCUT2D eigenvalue weighted by atomic mass is 32.2. The van der Waals surface area contributed by atoms with E-state index in [9.17, 15) is 12.8 Å². The largest absolute Gasteiger partial charge is 0.395 e. The van der Waals surface area contributed by atoms with E-state index in [0.29, 0.717) is 0 Å². The highest BCUT2D eigenvalue weighted by Gasteiger charge is 2.19. The number of sulfonamides is 1. The van der Waals surface area contributed by atoms with Crippen LogP contribution in [-0.4, -0.2) is 50.0 Å². The number of nitrogens with zero attached hydrogens (tertiary/aromatic N) is 1. The van der Waals surface area contributed by atoms with Crippen molar-refractivity contribution in [2.24, 2.45) is 0 Å². The SMILES string of the molecule is C=CCN(CCO)S(=O)(=O)CCCF. The van der Waals surface area contributed by atoms with Gasteiger partial charge in [-0.25, -0.2) is 8.42 Å². The molecule has 0 fully saturated rings. The van der Waals surface area contributed by atoms with E-state index in [1.54, 1.807) is 0 Å². The van der Waals surface area contributed by atoms with Crippen LogP contribution < -0.4 is 0 Å². The first-order chi connectivity index (χ1) is 6.58. The topological polar surface area (TPSA) is 57.6 Å². The maximum atomic E-state index is 11.8. The molecule has 0 aliphatic rings. The molecule has 0 aliphatic heterocycles. The van der Waals surface area contributed by atoms with Crippen LogP contribution in [0.4, 0.5) is 4.39 Å². The second-order valence-electron chi connectivity index (χ2n) is 2.73. The van der Waals surface area contributed by atoms with Crippen LogP contribution in [0.1, 0.15) is 6.42 Å². The average Bonchev–Trinajstić information content (AvgIpc) is 2.14. The number of aliphatic hydroxyl groups is 1. The Hall–Kier alpha value is -0.460. The Bertz CT molecular complexity index is 253. The number of alkyl halides is 1. The molecule has 0 aromatic carbocycles. The molecule has 0 saturated carbocycles. The minimum atomic E-state index is -3.45. The molecule has 0 amide bonds. The van der Waals surface area contributed by atoms with Gasteiger partial charge in [-0.1, -0.05) is 6.08 Å². The summed E-state index contributed by atoms with van der Waals surface area (Å²) in [5.41, 5.74) is 0. The second-order valence-corrected chi connectivity index (χ2v) is 4.82. The van der Waals surface area contributed by atoms with Crippen LogP contribution in [0.3, 0.4) is 0 Å². The van der Waals surface area contributed by atoms with Crippen LogP contribution in [-0.2, 0) is 10.0 Å². The van der Waals surface area contributed by atoms with Gasteiger partial charge in [0.05, 0.1) is 19.0 Å². The molecule has 0 saturated heterocycles. The molecule has 84 valence electrons. The third-order valence-corrected chi connectivity index (χ3v) is 3.53. The van der Waals surface area contributed by atoms with Gasteiger partial charge in [-0.3, -0.25) is 4.39 Å². The second kappa shape index (κ2) is 6.92. The van der Waals surface area contributed by atoms with Crippen molar-refractivity contribution in [3.8, 4) is 0 Å². The van der Waals surface area contributed by atoms with Crippen molar-refractivity contribution in [2.45, 2.75) is 6.42 Å². The van der Waals surface area contributed by atoms with E-state index >= 15 is 0 Å². The lowest BCUT2D eigenvalue weighted by atomic mass is 10.6. The number of aliphatic hydroxyl groups excluding tert-OH is 1. The summed E-state index contributed by atoms with van der Waals surface area (Å²) in [5.74, 6) is -0.225. The van der Waals surface area contributed by atoms with Crippen molar-refractivity contribution in [3.63, 3.8) is 0 Å². The Morgan fingerprint density at radius 1 is 1.50 bits per heavy atom. The molecule has 6 heteroatoms. The minimum absolute atomic E-state index is 0.0125. The molecule has 0 radical (unpaired) electrons. The fourth-order valence-corrected chi connectivity index (χ4v) is 2.39. The highest BCUT2D eigenvalue weighted by molar-refractivity contribution is 7.89. The highest BCUT2D eigenvalue weighted by Crippen LogP contribution is 2.03. The fourth-order valence-electron chi connectivity index (χ4n) is 0.966. The van der Waals surface area contributed by atoms with Crippen LogP contribution in [0.25, 0.3) is 0 Å². The van der Waals surface area contributed by atoms with Crippen molar-refractivity contribution in [3.05, 3.63) is 12.7 Å². The van der Waals surface area contributed by atoms with E-state index in [0.717, 1.165) is 4.31 Å². The Morgan fingerprint density at radius 2 is 2.14 bits per heavy atom. The van der Waals surface area contributed by atoms with Crippen molar-refractivity contribution in [1.82, 2.24) is 4.31 Å². The van der Waals surface area contributed by atoms with E-state index in [1.807, 2.05) is 0 Å². The van der Waals surface area contributed by atoms with E-state index in [2.05, 4.69) is 6.58 Å². The van der Waals surface area contributed by atoms with Crippen molar-refractivity contribution in [2.75, 3.05) is 32.1 Å². The van der Waals surface area contributed by atoms with Gasteiger partial charge in [0.1, 0.15) is 0 Å². The Kier molecular flexibility index (Phi) is 6.69. The lowest BCUT2D eigenvalue weighted by molar-refractivity contribution is 0.260. The Labute approximate surface area is 84.1 Å². The van der Waals surface area contributed by atoms with E-state index in [-0.39, 0.29) is 31.9 Å². The summed E-state index contributed by atoms with van der Waals surface area (Å²) in [6.45, 7) is 2.69. The van der Waals surface area contributed by atoms with E-state index in [4.69, 9.17) is 5.11 Å². The summed E-state index contributed by atoms with van der Waals surface area (Å²) in [6, 6.07) is 0. The van der Waals surface area contributed by atoms with Gasteiger partial charge >= 0.3 is 0 Å². The third kappa shape index (κ3) is 4.69. The summed E-state index contributed by atoms with van der Waals surface area (Å²) >= 11 is 0. The first-order valence-electron chi connectivity index (χ1n) is 4.34. The third-order valence-electron chi connectivity index (χ3n) is 1.61. The van der Waals surface area contributed by atoms with Crippen LogP contribution in [0.5, 0.6) is 0 Å². The molecule has 0 atom stereocenters. The van der Waals surface area contributed by atoms with Gasteiger partial charge in [-0.2, -0.15) is 4.31 Å². The molecule has 0 spiro atoms. The predicted octanol–water partition coefficient (Wildman–Crippen LogP) is 0.156. The summed E-state index contributed by atoms with van der Waals surface area (Å²) < 4.78 is 35.8. The first-order valence-corrected chi connectivity index (χ1v) is 5.95. The van der Waals surface area contributed by atoms with Crippen LogP contribution in [0, 0.1) is 0 Å². The standard InChI is InChI=1S/C8H16FNO3S/c1-2-5-10(6-7-11)14(12,13)8-3-4-9/h2,11H,1,3-8H2. The zero-order valence-electron chi connectivity index (χ0n) is 8.02. The van der Waals surface area contributed by atoms with Crippen LogP contribution in [0.2, 0.25) is 0 Å². The summed E-state index contributed by atoms with van der Waals surface area (Å²) in [5, 5.41) is 8.64. The molecule has 0 bridgehead atoms. The minimum Gasteiger partial charge on any atom is -0.395 e. The molecular weight excluding hydrogens is 209 g/mol. The molecule has 4 nitrogen and oxygen atoms in total. The summed E-state index contributed by atoms with van der Waals surface area (Å²) in [7, 11) is -3.45. The lowest BCUT2D eigenvalue weighted by Crippen LogP contribution is -2.35. The van der Waals surface area contributed by atoms with Crippen molar-refractivity contribution < 1.29 is 17.9 Å². The molecule has 1 N–H and O–H groups in total. The van der Waals surface area contributed by atoms with Gasteiger partial charge in [0.25, 0.3) is 0 Å². The first kappa shape index (κ1) is 13.5. The van der Waals surface area contributed by atoms with Crippen molar-refractivity contribution >= 4 is 10.0 Å². The number of rotatable bonds is 8. The van der Waals surface area contributed by atoms with Crippen LogP contribution >= 0.6 is 0 Å². The van der Waals surface area contributed by atoms with Crippen molar-refractivity contribution in [1.29, 1.82) is 0 Å². The molecule has 0 rings (SSSR count). The molecule has 0 aromatic rings. The molecule has 0 aliphatic carbocycles. The molecule has 14 heavy (non-hydrogen) atoms. The lowest BCUT2D eigenvalue weighted by Gasteiger charge is -2.18. The molecule has 0 aromatic heterocycles. The quantitative estimate of drug-likeness (QED) is 0.598. The Balaban J connectivity index is 4.37. The predicted molar refractivity (Wildman–Crippen MR) is 53.2 cm³/mol. The zero-order valence-corrected chi connectivity index (χ0v) is 8.84.